The van der Waals surface area contributed by atoms with Crippen LogP contribution in [0.2, 0.25) is 0 Å². The molecule has 3 heteroatoms. The van der Waals surface area contributed by atoms with E-state index in [9.17, 15) is 5.11 Å². The Bertz CT molecular complexity index is 202. The third-order valence-corrected chi connectivity index (χ3v) is 4.07. The van der Waals surface area contributed by atoms with Crippen LogP contribution in [-0.2, 0) is 4.74 Å². The average Bonchev–Trinajstić information content (AvgIpc) is 2.82. The number of ether oxygens (including phenoxy) is 1. The van der Waals surface area contributed by atoms with Crippen molar-refractivity contribution in [2.24, 2.45) is 5.41 Å². The van der Waals surface area contributed by atoms with Gasteiger partial charge in [-0.15, -0.1) is 0 Å². The highest BCUT2D eigenvalue weighted by molar-refractivity contribution is 4.87. The van der Waals surface area contributed by atoms with Crippen LogP contribution in [0.25, 0.3) is 0 Å². The summed E-state index contributed by atoms with van der Waals surface area (Å²) >= 11 is 0. The third-order valence-electron chi connectivity index (χ3n) is 4.07. The topological polar surface area (TPSA) is 32.7 Å². The minimum Gasteiger partial charge on any atom is -0.396 e. The monoisotopic (exact) mass is 243 g/mol. The van der Waals surface area contributed by atoms with Gasteiger partial charge in [0.2, 0.25) is 0 Å². The van der Waals surface area contributed by atoms with Crippen molar-refractivity contribution in [3.63, 3.8) is 0 Å². The van der Waals surface area contributed by atoms with E-state index in [1.54, 1.807) is 0 Å². The summed E-state index contributed by atoms with van der Waals surface area (Å²) < 4.78 is 5.48. The van der Waals surface area contributed by atoms with Crippen LogP contribution in [-0.4, -0.2) is 49.0 Å². The lowest BCUT2D eigenvalue weighted by molar-refractivity contribution is 0.0425. The van der Waals surface area contributed by atoms with Crippen LogP contribution >= 0.6 is 0 Å². The first kappa shape index (κ1) is 14.9. The first-order valence-electron chi connectivity index (χ1n) is 7.10. The Labute approximate surface area is 106 Å². The van der Waals surface area contributed by atoms with Gasteiger partial charge in [-0.1, -0.05) is 20.3 Å². The molecule has 1 N–H and O–H groups in total. The molecule has 1 fully saturated rings. The Kier molecular flexibility index (Phi) is 6.45. The van der Waals surface area contributed by atoms with Gasteiger partial charge in [0, 0.05) is 24.6 Å². The highest BCUT2D eigenvalue weighted by atomic mass is 16.5. The van der Waals surface area contributed by atoms with Crippen molar-refractivity contribution in [2.75, 3.05) is 32.9 Å². The van der Waals surface area contributed by atoms with Gasteiger partial charge in [-0.05, 0) is 32.7 Å². The van der Waals surface area contributed by atoms with Crippen molar-refractivity contribution in [3.8, 4) is 0 Å². The molecule has 2 unspecified atom stereocenters. The van der Waals surface area contributed by atoms with E-state index in [1.165, 1.54) is 19.3 Å². The van der Waals surface area contributed by atoms with Gasteiger partial charge < -0.3 is 9.84 Å². The summed E-state index contributed by atoms with van der Waals surface area (Å²) in [6, 6.07) is 0.602. The smallest absolute Gasteiger partial charge is 0.0557 e. The maximum absolute atomic E-state index is 9.64. The average molecular weight is 243 g/mol. The number of hydrogen-bond donors (Lipinski definition) is 1. The lowest BCUT2D eigenvalue weighted by Gasteiger charge is -2.36. The summed E-state index contributed by atoms with van der Waals surface area (Å²) in [6.45, 7) is 10.7. The van der Waals surface area contributed by atoms with Crippen LogP contribution in [0.5, 0.6) is 0 Å². The van der Waals surface area contributed by atoms with Crippen molar-refractivity contribution < 1.29 is 9.84 Å². The number of hydrogen-bond acceptors (Lipinski definition) is 3. The summed E-state index contributed by atoms with van der Waals surface area (Å²) in [5.74, 6) is 0. The van der Waals surface area contributed by atoms with E-state index in [4.69, 9.17) is 4.74 Å². The molecule has 1 aliphatic rings. The van der Waals surface area contributed by atoms with Gasteiger partial charge >= 0.3 is 0 Å². The fourth-order valence-electron chi connectivity index (χ4n) is 2.45. The second kappa shape index (κ2) is 7.34. The molecule has 3 nitrogen and oxygen atoms in total. The molecule has 1 saturated heterocycles. The normalized spacial score (nSPS) is 26.6. The van der Waals surface area contributed by atoms with Crippen LogP contribution in [0.4, 0.5) is 0 Å². The molecule has 0 aromatic heterocycles. The number of rotatable bonds is 8. The summed E-state index contributed by atoms with van der Waals surface area (Å²) in [5, 5.41) is 9.64. The van der Waals surface area contributed by atoms with Crippen LogP contribution in [0, 0.1) is 5.41 Å². The van der Waals surface area contributed by atoms with Crippen LogP contribution in [0.3, 0.4) is 0 Å². The number of nitrogens with zero attached hydrogens (tertiary/aromatic N) is 1. The van der Waals surface area contributed by atoms with Crippen molar-refractivity contribution in [2.45, 2.75) is 52.5 Å². The predicted octanol–water partition coefficient (Wildman–Crippen LogP) is 2.29. The van der Waals surface area contributed by atoms with Crippen molar-refractivity contribution in [1.82, 2.24) is 4.90 Å². The lowest BCUT2D eigenvalue weighted by Crippen LogP contribution is -2.45. The second-order valence-electron chi connectivity index (χ2n) is 5.54. The van der Waals surface area contributed by atoms with Crippen molar-refractivity contribution >= 4 is 0 Å². The molecule has 0 spiro atoms. The number of unbranched alkanes of at least 4 members (excludes halogenated alkanes) is 1. The molecule has 0 aromatic rings. The summed E-state index contributed by atoms with van der Waals surface area (Å²) in [7, 11) is 0. The molecule has 0 saturated carbocycles. The molecule has 0 amide bonds. The SMILES string of the molecule is CCCCN(CC1(CO)CCOC1)C(C)CC. The zero-order chi connectivity index (χ0) is 12.7. The first-order chi connectivity index (χ1) is 8.17. The van der Waals surface area contributed by atoms with E-state index >= 15 is 0 Å². The maximum atomic E-state index is 9.64. The van der Waals surface area contributed by atoms with Crippen LogP contribution in [0.15, 0.2) is 0 Å². The molecule has 102 valence electrons. The number of aliphatic hydroxyl groups is 1. The van der Waals surface area contributed by atoms with E-state index in [0.717, 1.165) is 32.7 Å². The van der Waals surface area contributed by atoms with Crippen LogP contribution < -0.4 is 0 Å². The van der Waals surface area contributed by atoms with E-state index in [2.05, 4.69) is 25.7 Å². The highest BCUT2D eigenvalue weighted by Gasteiger charge is 2.36. The minimum absolute atomic E-state index is 0.00281. The van der Waals surface area contributed by atoms with Gasteiger partial charge in [0.25, 0.3) is 0 Å². The Balaban J connectivity index is 2.56. The Morgan fingerprint density at radius 3 is 2.65 bits per heavy atom. The zero-order valence-electron chi connectivity index (χ0n) is 11.7. The molecule has 0 bridgehead atoms. The van der Waals surface area contributed by atoms with E-state index in [1.807, 2.05) is 0 Å². The van der Waals surface area contributed by atoms with Gasteiger partial charge in [-0.25, -0.2) is 0 Å². The number of aliphatic hydroxyl groups excluding tert-OH is 1. The molecule has 0 aromatic carbocycles. The fraction of sp³-hybridized carbons (Fsp3) is 1.00. The van der Waals surface area contributed by atoms with E-state index < -0.39 is 0 Å². The minimum atomic E-state index is -0.00281. The van der Waals surface area contributed by atoms with Gasteiger partial charge in [0.1, 0.15) is 0 Å². The van der Waals surface area contributed by atoms with Crippen LogP contribution in [0.1, 0.15) is 46.5 Å². The maximum Gasteiger partial charge on any atom is 0.0557 e. The van der Waals surface area contributed by atoms with Gasteiger partial charge in [0.05, 0.1) is 13.2 Å². The zero-order valence-corrected chi connectivity index (χ0v) is 11.7. The summed E-state index contributed by atoms with van der Waals surface area (Å²) in [4.78, 5) is 2.54. The summed E-state index contributed by atoms with van der Waals surface area (Å²) in [6.07, 6.45) is 4.65. The molecule has 2 atom stereocenters. The van der Waals surface area contributed by atoms with E-state index in [-0.39, 0.29) is 12.0 Å². The second-order valence-corrected chi connectivity index (χ2v) is 5.54. The Morgan fingerprint density at radius 2 is 2.18 bits per heavy atom. The fourth-order valence-corrected chi connectivity index (χ4v) is 2.45. The molecule has 1 heterocycles. The molecular formula is C14H29NO2. The molecule has 0 aliphatic carbocycles. The summed E-state index contributed by atoms with van der Waals surface area (Å²) in [5.41, 5.74) is -0.00281. The molecular weight excluding hydrogens is 214 g/mol. The van der Waals surface area contributed by atoms with Crippen molar-refractivity contribution in [1.29, 1.82) is 0 Å². The van der Waals surface area contributed by atoms with Crippen molar-refractivity contribution in [3.05, 3.63) is 0 Å². The predicted molar refractivity (Wildman–Crippen MR) is 71.2 cm³/mol. The molecule has 1 aliphatic heterocycles. The largest absolute Gasteiger partial charge is 0.396 e. The third kappa shape index (κ3) is 4.23. The van der Waals surface area contributed by atoms with Gasteiger partial charge in [-0.2, -0.15) is 0 Å². The molecule has 17 heavy (non-hydrogen) atoms. The molecule has 0 radical (unpaired) electrons. The molecule has 1 rings (SSSR count). The lowest BCUT2D eigenvalue weighted by atomic mass is 9.87. The van der Waals surface area contributed by atoms with Gasteiger partial charge in [0.15, 0.2) is 0 Å². The Morgan fingerprint density at radius 1 is 1.41 bits per heavy atom. The van der Waals surface area contributed by atoms with E-state index in [0.29, 0.717) is 6.04 Å². The Hall–Kier alpha value is -0.120. The van der Waals surface area contributed by atoms with Gasteiger partial charge in [-0.3, -0.25) is 4.90 Å². The standard InChI is InChI=1S/C14H29NO2/c1-4-6-8-15(13(3)5-2)10-14(11-16)7-9-17-12-14/h13,16H,4-12H2,1-3H3. The first-order valence-corrected chi connectivity index (χ1v) is 7.10. The quantitative estimate of drug-likeness (QED) is 0.710. The highest BCUT2D eigenvalue weighted by Crippen LogP contribution is 2.30.